The zero-order valence-corrected chi connectivity index (χ0v) is 23.7. The van der Waals surface area contributed by atoms with E-state index in [1.54, 1.807) is 0 Å². The number of hydrogen-bond donors (Lipinski definition) is 0. The molecule has 0 aliphatic carbocycles. The van der Waals surface area contributed by atoms with Gasteiger partial charge >= 0.3 is 21.4 Å². The third-order valence-corrected chi connectivity index (χ3v) is 8.68. The van der Waals surface area contributed by atoms with Crippen molar-refractivity contribution in [1.82, 2.24) is 29.9 Å². The molecule has 0 bridgehead atoms. The van der Waals surface area contributed by atoms with Crippen molar-refractivity contribution in [3.63, 3.8) is 0 Å². The summed E-state index contributed by atoms with van der Waals surface area (Å²) in [6.07, 6.45) is 11.0. The number of rotatable bonds is 3. The van der Waals surface area contributed by atoms with E-state index in [2.05, 4.69) is 46.8 Å². The maximum atomic E-state index is 5.01. The average Bonchev–Trinajstić information content (AvgIpc) is 3.75. The Labute approximate surface area is 259 Å². The molecule has 0 aromatic carbocycles. The van der Waals surface area contributed by atoms with Gasteiger partial charge in [-0.05, 0) is 72.8 Å². The topological polar surface area (TPSA) is 96.8 Å². The second kappa shape index (κ2) is 9.20. The molecule has 0 atom stereocenters. The highest BCUT2D eigenvalue weighted by Crippen LogP contribution is 2.55. The first-order valence-electron chi connectivity index (χ1n) is 14.7. The van der Waals surface area contributed by atoms with Crippen LogP contribution in [0.4, 0.5) is 52.0 Å². The maximum Gasteiger partial charge on any atom is 0.493 e. The van der Waals surface area contributed by atoms with E-state index in [-0.39, 0.29) is 0 Å². The summed E-state index contributed by atoms with van der Waals surface area (Å²) in [7, 11) is -1.21. The average molecular weight is 582 g/mol. The summed E-state index contributed by atoms with van der Waals surface area (Å²) in [5, 5.41) is 0. The molecule has 12 nitrogen and oxygen atoms in total. The van der Waals surface area contributed by atoms with E-state index in [0.717, 1.165) is 52.0 Å². The molecule has 0 radical (unpaired) electrons. The van der Waals surface area contributed by atoms with Gasteiger partial charge in [0.25, 0.3) is 0 Å². The molecule has 0 N–H and O–H groups in total. The van der Waals surface area contributed by atoms with Crippen LogP contribution in [0.5, 0.6) is 0 Å². The Hall–Kier alpha value is -6.11. The lowest BCUT2D eigenvalue weighted by molar-refractivity contribution is 1.17. The Morgan fingerprint density at radius 3 is 0.933 bits per heavy atom. The predicted molar refractivity (Wildman–Crippen MR) is 177 cm³/mol. The van der Waals surface area contributed by atoms with E-state index >= 15 is 0 Å². The first-order valence-corrected chi connectivity index (χ1v) is 14.7. The van der Waals surface area contributed by atoms with E-state index in [0.29, 0.717) is 0 Å². The molecule has 1 saturated heterocycles. The van der Waals surface area contributed by atoms with Crippen molar-refractivity contribution in [2.24, 2.45) is 0 Å². The standard InChI is InChI=1S/C30H21B3N12/c1-4-16-34-25(13-1)40-22-10-7-19-37-28(22)43-31(40)44-29-23(11-8-20-38-29)41(26-14-2-5-17-35-26)33(44)45-30-24(12-9-21-39-30)42(32(43)45)27-15-3-6-18-36-27/h1-21H. The molecule has 1 fully saturated rings. The van der Waals surface area contributed by atoms with Crippen molar-refractivity contribution in [1.29, 1.82) is 0 Å². The van der Waals surface area contributed by atoms with Gasteiger partial charge in [0, 0.05) is 37.2 Å². The Morgan fingerprint density at radius 2 is 0.644 bits per heavy atom. The summed E-state index contributed by atoms with van der Waals surface area (Å²) in [5.41, 5.74) is 2.83. The number of pyridine rings is 6. The summed E-state index contributed by atoms with van der Waals surface area (Å²) in [4.78, 5) is 36.3. The molecule has 6 aromatic heterocycles. The summed E-state index contributed by atoms with van der Waals surface area (Å²) in [5.74, 6) is 4.88. The van der Waals surface area contributed by atoms with Crippen molar-refractivity contribution in [2.75, 3.05) is 28.6 Å². The number of anilines is 9. The Kier molecular flexibility index (Phi) is 4.98. The van der Waals surface area contributed by atoms with Crippen molar-refractivity contribution >= 4 is 73.3 Å². The third kappa shape index (κ3) is 3.23. The molecule has 4 aliphatic heterocycles. The second-order valence-electron chi connectivity index (χ2n) is 11.0. The Bertz CT molecular complexity index is 1810. The molecule has 0 unspecified atom stereocenters. The molecule has 45 heavy (non-hydrogen) atoms. The Morgan fingerprint density at radius 1 is 0.333 bits per heavy atom. The lowest BCUT2D eigenvalue weighted by Gasteiger charge is -2.49. The van der Waals surface area contributed by atoms with Crippen molar-refractivity contribution in [2.45, 2.75) is 0 Å². The van der Waals surface area contributed by atoms with Crippen LogP contribution in [0, 0.1) is 0 Å². The van der Waals surface area contributed by atoms with E-state index in [9.17, 15) is 0 Å². The first-order chi connectivity index (χ1) is 22.4. The number of aromatic nitrogens is 6. The molecular weight excluding hydrogens is 561 g/mol. The molecular formula is C30H21B3N12. The SMILES string of the molecule is c1ccc(N2B3N(B4N(B5N3c3ncccc3N5c3ccccn3)c3ncccc3N4c3ccccn3)c3ncccc32)nc1. The quantitative estimate of drug-likeness (QED) is 0.279. The van der Waals surface area contributed by atoms with Gasteiger partial charge in [-0.3, -0.25) is 0 Å². The highest BCUT2D eigenvalue weighted by molar-refractivity contribution is 7.11. The van der Waals surface area contributed by atoms with E-state index in [4.69, 9.17) is 29.9 Å². The summed E-state index contributed by atoms with van der Waals surface area (Å²) in [6, 6.07) is 30.2. The fraction of sp³-hybridized carbons (Fsp3) is 0. The van der Waals surface area contributed by atoms with Crippen LogP contribution in [0.2, 0.25) is 0 Å². The molecule has 10 heterocycles. The van der Waals surface area contributed by atoms with Crippen LogP contribution in [-0.4, -0.2) is 51.3 Å². The van der Waals surface area contributed by atoms with Gasteiger partial charge < -0.3 is 28.6 Å². The van der Waals surface area contributed by atoms with Gasteiger partial charge in [-0.1, -0.05) is 18.2 Å². The minimum atomic E-state index is -0.404. The van der Waals surface area contributed by atoms with Gasteiger partial charge in [0.15, 0.2) is 0 Å². The van der Waals surface area contributed by atoms with Crippen LogP contribution >= 0.6 is 0 Å². The van der Waals surface area contributed by atoms with Crippen LogP contribution in [0.15, 0.2) is 128 Å². The van der Waals surface area contributed by atoms with Crippen molar-refractivity contribution < 1.29 is 0 Å². The second-order valence-corrected chi connectivity index (χ2v) is 11.0. The van der Waals surface area contributed by atoms with Crippen LogP contribution in [0.3, 0.4) is 0 Å². The summed E-state index contributed by atoms with van der Waals surface area (Å²) in [6.45, 7) is 0. The predicted octanol–water partition coefficient (Wildman–Crippen LogP) is 4.30. The number of hydrogen-bond acceptors (Lipinski definition) is 12. The maximum absolute atomic E-state index is 5.01. The van der Waals surface area contributed by atoms with Crippen LogP contribution in [0.1, 0.15) is 0 Å². The van der Waals surface area contributed by atoms with Gasteiger partial charge in [0.1, 0.15) is 34.9 Å². The van der Waals surface area contributed by atoms with Crippen molar-refractivity contribution in [3.05, 3.63) is 128 Å². The van der Waals surface area contributed by atoms with Gasteiger partial charge in [0.2, 0.25) is 0 Å². The van der Waals surface area contributed by atoms with Gasteiger partial charge in [0.05, 0.1) is 17.1 Å². The number of fused-ring (bicyclic) bond motifs is 12. The van der Waals surface area contributed by atoms with Crippen LogP contribution in [-0.2, 0) is 0 Å². The fourth-order valence-corrected chi connectivity index (χ4v) is 7.08. The summed E-state index contributed by atoms with van der Waals surface area (Å²) < 4.78 is 6.99. The largest absolute Gasteiger partial charge is 0.493 e. The van der Waals surface area contributed by atoms with E-state index in [1.807, 2.05) is 110 Å². The zero-order chi connectivity index (χ0) is 29.5. The minimum Gasteiger partial charge on any atom is -0.366 e. The molecule has 0 spiro atoms. The monoisotopic (exact) mass is 582 g/mol. The highest BCUT2D eigenvalue weighted by Gasteiger charge is 2.71. The lowest BCUT2D eigenvalue weighted by Crippen LogP contribution is -2.84. The molecule has 10 rings (SSSR count). The van der Waals surface area contributed by atoms with Crippen molar-refractivity contribution in [3.8, 4) is 0 Å². The third-order valence-electron chi connectivity index (χ3n) is 8.68. The molecule has 4 aliphatic rings. The fourth-order valence-electron chi connectivity index (χ4n) is 7.08. The van der Waals surface area contributed by atoms with Gasteiger partial charge in [-0.2, -0.15) is 0 Å². The minimum absolute atomic E-state index is 0.404. The zero-order valence-electron chi connectivity index (χ0n) is 23.7. The number of nitrogens with zero attached hydrogens (tertiary/aromatic N) is 12. The lowest BCUT2D eigenvalue weighted by atomic mass is 9.56. The smallest absolute Gasteiger partial charge is 0.366 e. The molecule has 0 amide bonds. The Balaban J connectivity index is 1.30. The van der Waals surface area contributed by atoms with Gasteiger partial charge in [-0.25, -0.2) is 29.9 Å². The molecule has 15 heteroatoms. The molecule has 210 valence electrons. The first kappa shape index (κ1) is 24.3. The normalized spacial score (nSPS) is 15.6. The van der Waals surface area contributed by atoms with E-state index in [1.165, 1.54) is 0 Å². The van der Waals surface area contributed by atoms with Gasteiger partial charge in [-0.15, -0.1) is 0 Å². The molecule has 0 saturated carbocycles. The highest BCUT2D eigenvalue weighted by atomic mass is 15.6. The van der Waals surface area contributed by atoms with Crippen LogP contribution < -0.4 is 28.6 Å². The summed E-state index contributed by atoms with van der Waals surface area (Å²) >= 11 is 0. The van der Waals surface area contributed by atoms with E-state index < -0.39 is 21.4 Å². The molecule has 6 aromatic rings. The van der Waals surface area contributed by atoms with Crippen LogP contribution in [0.25, 0.3) is 0 Å².